The zero-order valence-corrected chi connectivity index (χ0v) is 22.9. The van der Waals surface area contributed by atoms with E-state index in [-0.39, 0.29) is 22.5 Å². The predicted molar refractivity (Wildman–Crippen MR) is 147 cm³/mol. The van der Waals surface area contributed by atoms with Gasteiger partial charge in [0.15, 0.2) is 0 Å². The van der Waals surface area contributed by atoms with Crippen molar-refractivity contribution in [2.24, 2.45) is 22.7 Å². The fraction of sp³-hybridized carbons (Fsp3) is 0.483. The van der Waals surface area contributed by atoms with Gasteiger partial charge in [-0.15, -0.1) is 11.3 Å². The average molecular weight is 525 g/mol. The minimum Gasteiger partial charge on any atom is -0.354 e. The van der Waals surface area contributed by atoms with Crippen molar-refractivity contribution < 1.29 is 13.2 Å². The van der Waals surface area contributed by atoms with Gasteiger partial charge in [0, 0.05) is 11.2 Å². The molecule has 4 atom stereocenters. The van der Waals surface area contributed by atoms with Gasteiger partial charge in [-0.2, -0.15) is 0 Å². The molecule has 2 N–H and O–H groups in total. The number of fused-ring (bicyclic) bond motifs is 3. The zero-order chi connectivity index (χ0) is 25.6. The van der Waals surface area contributed by atoms with Crippen LogP contribution in [0.3, 0.4) is 0 Å². The summed E-state index contributed by atoms with van der Waals surface area (Å²) in [6.45, 7) is 7.60. The van der Waals surface area contributed by atoms with Crippen LogP contribution in [0.5, 0.6) is 0 Å². The number of sulfonamides is 1. The van der Waals surface area contributed by atoms with Gasteiger partial charge in [-0.05, 0) is 76.3 Å². The summed E-state index contributed by atoms with van der Waals surface area (Å²) in [4.78, 5) is 13.6. The van der Waals surface area contributed by atoms with Crippen molar-refractivity contribution >= 4 is 37.4 Å². The topological polar surface area (TPSA) is 75.3 Å². The normalized spacial score (nSPS) is 25.8. The maximum absolute atomic E-state index is 13.6. The van der Waals surface area contributed by atoms with Gasteiger partial charge in [0.05, 0.1) is 5.75 Å². The number of benzene rings is 2. The smallest absolute Gasteiger partial charge is 0.238 e. The number of rotatable bonds is 9. The Kier molecular flexibility index (Phi) is 6.77. The Morgan fingerprint density at radius 3 is 2.53 bits per heavy atom. The first-order valence-corrected chi connectivity index (χ1v) is 15.4. The van der Waals surface area contributed by atoms with E-state index in [0.29, 0.717) is 30.4 Å². The Labute approximate surface area is 218 Å². The van der Waals surface area contributed by atoms with E-state index in [9.17, 15) is 13.2 Å². The van der Waals surface area contributed by atoms with Crippen molar-refractivity contribution in [2.75, 3.05) is 6.54 Å². The number of hydrogen-bond acceptors (Lipinski definition) is 4. The second kappa shape index (κ2) is 9.58. The third-order valence-corrected chi connectivity index (χ3v) is 11.2. The second-order valence-corrected chi connectivity index (χ2v) is 14.3. The predicted octanol–water partition coefficient (Wildman–Crippen LogP) is 5.51. The molecule has 0 aliphatic heterocycles. The molecule has 36 heavy (non-hydrogen) atoms. The summed E-state index contributed by atoms with van der Waals surface area (Å²) < 4.78 is 30.2. The van der Waals surface area contributed by atoms with E-state index in [1.807, 2.05) is 41.8 Å². The van der Waals surface area contributed by atoms with Crippen molar-refractivity contribution in [3.05, 3.63) is 71.1 Å². The third-order valence-electron chi connectivity index (χ3n) is 8.87. The molecule has 5 nitrogen and oxygen atoms in total. The van der Waals surface area contributed by atoms with Gasteiger partial charge in [0.2, 0.25) is 15.9 Å². The Bertz CT molecular complexity index is 1340. The molecule has 2 aromatic carbocycles. The molecule has 5 rings (SSSR count). The molecular formula is C29H36N2O3S2. The number of thiophene rings is 1. The molecule has 0 spiro atoms. The highest BCUT2D eigenvalue weighted by atomic mass is 32.2. The lowest BCUT2D eigenvalue weighted by Crippen LogP contribution is -2.51. The van der Waals surface area contributed by atoms with Gasteiger partial charge in [-0.1, -0.05) is 69.3 Å². The van der Waals surface area contributed by atoms with Crippen molar-refractivity contribution in [3.8, 4) is 0 Å². The number of carbonyl (C=O) groups excluding carboxylic acids is 1. The van der Waals surface area contributed by atoms with E-state index in [4.69, 9.17) is 0 Å². The molecule has 2 aliphatic rings. The summed E-state index contributed by atoms with van der Waals surface area (Å²) in [5.41, 5.74) is 2.10. The second-order valence-electron chi connectivity index (χ2n) is 11.6. The van der Waals surface area contributed by atoms with Gasteiger partial charge < -0.3 is 5.32 Å². The highest BCUT2D eigenvalue weighted by molar-refractivity contribution is 7.88. The summed E-state index contributed by atoms with van der Waals surface area (Å²) in [6.07, 6.45) is 4.00. The van der Waals surface area contributed by atoms with E-state index >= 15 is 0 Å². The van der Waals surface area contributed by atoms with E-state index in [1.165, 1.54) is 19.3 Å². The molecule has 1 aromatic heterocycles. The van der Waals surface area contributed by atoms with Crippen LogP contribution < -0.4 is 10.0 Å². The number of carbonyl (C=O) groups is 1. The average Bonchev–Trinajstić information content (AvgIpc) is 3.48. The summed E-state index contributed by atoms with van der Waals surface area (Å²) in [5, 5.41) is 6.29. The molecule has 7 heteroatoms. The van der Waals surface area contributed by atoms with Crippen LogP contribution in [-0.2, 0) is 27.0 Å². The van der Waals surface area contributed by atoms with Gasteiger partial charge in [-0.25, -0.2) is 13.1 Å². The van der Waals surface area contributed by atoms with Crippen LogP contribution in [-0.4, -0.2) is 26.9 Å². The number of amides is 1. The van der Waals surface area contributed by atoms with Crippen LogP contribution in [0.2, 0.25) is 0 Å². The summed E-state index contributed by atoms with van der Waals surface area (Å²) in [7, 11) is -3.72. The lowest BCUT2D eigenvalue weighted by molar-refractivity contribution is -0.123. The molecule has 2 bridgehead atoms. The lowest BCUT2D eigenvalue weighted by Gasteiger charge is -2.43. The minimum absolute atomic E-state index is 0.155. The quantitative estimate of drug-likeness (QED) is 0.388. The molecule has 4 unspecified atom stereocenters. The lowest BCUT2D eigenvalue weighted by atomic mass is 9.64. The van der Waals surface area contributed by atoms with Crippen LogP contribution in [0.1, 0.15) is 51.2 Å². The van der Waals surface area contributed by atoms with E-state index in [2.05, 4.69) is 36.9 Å². The molecule has 3 aromatic rings. The zero-order valence-electron chi connectivity index (χ0n) is 21.3. The Balaban J connectivity index is 1.36. The van der Waals surface area contributed by atoms with Gasteiger partial charge in [-0.3, -0.25) is 4.79 Å². The number of hydrogen-bond donors (Lipinski definition) is 2. The van der Waals surface area contributed by atoms with Crippen molar-refractivity contribution in [3.63, 3.8) is 0 Å². The van der Waals surface area contributed by atoms with Crippen LogP contribution in [0.25, 0.3) is 10.1 Å². The van der Waals surface area contributed by atoms with Crippen molar-refractivity contribution in [1.82, 2.24) is 10.0 Å². The van der Waals surface area contributed by atoms with Gasteiger partial charge >= 0.3 is 0 Å². The molecule has 0 saturated heterocycles. The molecule has 2 aliphatic carbocycles. The van der Waals surface area contributed by atoms with Gasteiger partial charge in [0.1, 0.15) is 6.04 Å². The monoisotopic (exact) mass is 524 g/mol. The van der Waals surface area contributed by atoms with Gasteiger partial charge in [0.25, 0.3) is 0 Å². The van der Waals surface area contributed by atoms with E-state index < -0.39 is 16.1 Å². The molecule has 1 amide bonds. The Hall–Kier alpha value is -2.22. The first-order chi connectivity index (χ1) is 17.1. The third kappa shape index (κ3) is 4.98. The number of nitrogens with one attached hydrogen (secondary N) is 2. The van der Waals surface area contributed by atoms with E-state index in [0.717, 1.165) is 15.6 Å². The van der Waals surface area contributed by atoms with Crippen LogP contribution in [0.4, 0.5) is 0 Å². The first kappa shape index (κ1) is 25.4. The molecule has 2 saturated carbocycles. The Morgan fingerprint density at radius 2 is 1.81 bits per heavy atom. The molecule has 192 valence electrons. The van der Waals surface area contributed by atoms with Crippen LogP contribution >= 0.6 is 11.3 Å². The standard InChI is InChI=1S/C29H36N2O3S2/c1-28(2)22-13-14-29(3,16-22)26(28)17-30-27(32)24(15-21-18-35-25-12-8-7-11-23(21)25)31-36(33,34)19-20-9-5-4-6-10-20/h4-12,18,22,24,26,31H,13-17,19H2,1-3H3,(H,30,32). The largest absolute Gasteiger partial charge is 0.354 e. The molecule has 2 fully saturated rings. The van der Waals surface area contributed by atoms with Crippen LogP contribution in [0.15, 0.2) is 60.0 Å². The SMILES string of the molecule is CC12CCC(C1)C(C)(C)C2CNC(=O)C(Cc1csc2ccccc12)NS(=O)(=O)Cc1ccccc1. The fourth-order valence-corrected chi connectivity index (χ4v) is 9.21. The summed E-state index contributed by atoms with van der Waals surface area (Å²) in [6, 6.07) is 16.3. The molecule has 0 radical (unpaired) electrons. The van der Waals surface area contributed by atoms with Crippen molar-refractivity contribution in [2.45, 2.75) is 58.2 Å². The first-order valence-electron chi connectivity index (χ1n) is 12.8. The molecular weight excluding hydrogens is 488 g/mol. The minimum atomic E-state index is -3.72. The summed E-state index contributed by atoms with van der Waals surface area (Å²) >= 11 is 1.62. The van der Waals surface area contributed by atoms with Crippen LogP contribution in [0, 0.1) is 22.7 Å². The highest BCUT2D eigenvalue weighted by Crippen LogP contribution is 2.65. The fourth-order valence-electron chi connectivity index (χ4n) is 6.89. The maximum atomic E-state index is 13.6. The Morgan fingerprint density at radius 1 is 1.08 bits per heavy atom. The molecule has 1 heterocycles. The highest BCUT2D eigenvalue weighted by Gasteiger charge is 2.58. The van der Waals surface area contributed by atoms with Crippen molar-refractivity contribution in [1.29, 1.82) is 0 Å². The summed E-state index contributed by atoms with van der Waals surface area (Å²) in [5.74, 6) is 0.680. The maximum Gasteiger partial charge on any atom is 0.238 e. The van der Waals surface area contributed by atoms with E-state index in [1.54, 1.807) is 23.5 Å².